The number of pyridine rings is 1. The Hall–Kier alpha value is -2.66. The van der Waals surface area contributed by atoms with E-state index in [2.05, 4.69) is 76.9 Å². The van der Waals surface area contributed by atoms with Crippen LogP contribution in [0.15, 0.2) is 67.0 Å². The Balaban J connectivity index is 1.32. The van der Waals surface area contributed by atoms with Crippen LogP contribution in [0.3, 0.4) is 0 Å². The summed E-state index contributed by atoms with van der Waals surface area (Å²) in [6, 6.07) is 19.1. The third kappa shape index (κ3) is 4.84. The summed E-state index contributed by atoms with van der Waals surface area (Å²) in [5.41, 5.74) is 7.02. The van der Waals surface area contributed by atoms with Crippen LogP contribution in [0.5, 0.6) is 0 Å². The van der Waals surface area contributed by atoms with Crippen molar-refractivity contribution in [2.75, 3.05) is 26.2 Å². The predicted molar refractivity (Wildman–Crippen MR) is 139 cm³/mol. The molecule has 33 heavy (non-hydrogen) atoms. The van der Waals surface area contributed by atoms with Gasteiger partial charge in [-0.2, -0.15) is 0 Å². The van der Waals surface area contributed by atoms with E-state index in [4.69, 9.17) is 11.6 Å². The molecule has 1 N–H and O–H groups in total. The Labute approximate surface area is 201 Å². The second-order valence-electron chi connectivity index (χ2n) is 9.96. The Bertz CT molecular complexity index is 1250. The number of H-pyrrole nitrogens is 1. The molecule has 4 nitrogen and oxygen atoms in total. The zero-order chi connectivity index (χ0) is 23.0. The molecule has 170 valence electrons. The van der Waals surface area contributed by atoms with Gasteiger partial charge in [-0.25, -0.2) is 4.98 Å². The molecule has 1 fully saturated rings. The van der Waals surface area contributed by atoms with Gasteiger partial charge in [0.05, 0.1) is 0 Å². The van der Waals surface area contributed by atoms with Gasteiger partial charge in [-0.1, -0.05) is 48.0 Å². The van der Waals surface area contributed by atoms with E-state index in [1.165, 1.54) is 11.1 Å². The van der Waals surface area contributed by atoms with E-state index in [-0.39, 0.29) is 5.54 Å². The average molecular weight is 459 g/mol. The smallest absolute Gasteiger partial charge is 0.137 e. The highest BCUT2D eigenvalue weighted by atomic mass is 35.5. The van der Waals surface area contributed by atoms with E-state index in [1.807, 2.05) is 30.6 Å². The fourth-order valence-electron chi connectivity index (χ4n) is 4.69. The molecule has 0 saturated carbocycles. The first-order valence-corrected chi connectivity index (χ1v) is 12.0. The number of nitrogens with one attached hydrogen (secondary N) is 1. The van der Waals surface area contributed by atoms with E-state index in [0.717, 1.165) is 65.5 Å². The zero-order valence-electron chi connectivity index (χ0n) is 19.6. The van der Waals surface area contributed by atoms with E-state index in [9.17, 15) is 0 Å². The minimum Gasteiger partial charge on any atom is -0.346 e. The summed E-state index contributed by atoms with van der Waals surface area (Å²) in [4.78, 5) is 13.1. The van der Waals surface area contributed by atoms with Crippen LogP contribution in [0.1, 0.15) is 26.3 Å². The number of aromatic amines is 1. The molecular formula is C28H31ClN4. The fraction of sp³-hybridized carbons (Fsp3) is 0.321. The van der Waals surface area contributed by atoms with E-state index >= 15 is 0 Å². The molecule has 5 rings (SSSR count). The summed E-state index contributed by atoms with van der Waals surface area (Å²) in [7, 11) is 0. The summed E-state index contributed by atoms with van der Waals surface area (Å²) < 4.78 is 0. The van der Waals surface area contributed by atoms with Crippen LogP contribution < -0.4 is 0 Å². The van der Waals surface area contributed by atoms with E-state index < -0.39 is 0 Å². The van der Waals surface area contributed by atoms with E-state index in [1.54, 1.807) is 0 Å². The Morgan fingerprint density at radius 3 is 2.36 bits per heavy atom. The van der Waals surface area contributed by atoms with Gasteiger partial charge in [0.15, 0.2) is 0 Å². The Morgan fingerprint density at radius 2 is 1.67 bits per heavy atom. The van der Waals surface area contributed by atoms with Gasteiger partial charge in [0, 0.05) is 72.2 Å². The number of rotatable bonds is 4. The monoisotopic (exact) mass is 458 g/mol. The lowest BCUT2D eigenvalue weighted by Crippen LogP contribution is -2.53. The van der Waals surface area contributed by atoms with Crippen LogP contribution in [-0.4, -0.2) is 51.5 Å². The lowest BCUT2D eigenvalue weighted by atomic mass is 10.0. The highest BCUT2D eigenvalue weighted by molar-refractivity contribution is 6.30. The van der Waals surface area contributed by atoms with Crippen molar-refractivity contribution in [3.8, 4) is 22.3 Å². The molecule has 2 aromatic heterocycles. The SMILES string of the molecule is CC(C)(C)N1CCN(Cc2ccc(-c3cnc4[nH]cc(-c5cccc(Cl)c5)c4c3)cc2)CC1. The van der Waals surface area contributed by atoms with E-state index in [0.29, 0.717) is 0 Å². The molecule has 2 aromatic carbocycles. The highest BCUT2D eigenvalue weighted by Gasteiger charge is 2.25. The number of hydrogen-bond donors (Lipinski definition) is 1. The number of nitrogens with zero attached hydrogens (tertiary/aromatic N) is 3. The van der Waals surface area contributed by atoms with Gasteiger partial charge in [-0.15, -0.1) is 0 Å². The van der Waals surface area contributed by atoms with Crippen molar-refractivity contribution in [1.82, 2.24) is 19.8 Å². The molecule has 0 unspecified atom stereocenters. The molecule has 5 heteroatoms. The maximum absolute atomic E-state index is 6.22. The standard InChI is InChI=1S/C28H31ClN4/c1-28(2,3)33-13-11-32(12-14-33)19-20-7-9-21(10-8-20)23-16-25-26(18-31-27(25)30-17-23)22-5-4-6-24(29)15-22/h4-10,15-18H,11-14,19H2,1-3H3,(H,30,31). The van der Waals surface area contributed by atoms with Crippen molar-refractivity contribution in [3.63, 3.8) is 0 Å². The molecule has 0 radical (unpaired) electrons. The molecule has 0 atom stereocenters. The molecule has 0 spiro atoms. The fourth-order valence-corrected chi connectivity index (χ4v) is 4.88. The first-order chi connectivity index (χ1) is 15.9. The second-order valence-corrected chi connectivity index (χ2v) is 10.4. The molecule has 4 aromatic rings. The van der Waals surface area contributed by atoms with Gasteiger partial charge in [-0.3, -0.25) is 9.80 Å². The number of aromatic nitrogens is 2. The van der Waals surface area contributed by atoms with Crippen molar-refractivity contribution < 1.29 is 0 Å². The molecule has 0 bridgehead atoms. The maximum atomic E-state index is 6.22. The lowest BCUT2D eigenvalue weighted by molar-refractivity contribution is 0.0591. The van der Waals surface area contributed by atoms with Crippen molar-refractivity contribution in [1.29, 1.82) is 0 Å². The number of benzene rings is 2. The van der Waals surface area contributed by atoms with Crippen molar-refractivity contribution in [3.05, 3.63) is 77.6 Å². The third-order valence-corrected chi connectivity index (χ3v) is 6.92. The first kappa shape index (κ1) is 22.1. The Kier molecular flexibility index (Phi) is 6.00. The second kappa shape index (κ2) is 8.94. The van der Waals surface area contributed by atoms with Gasteiger partial charge in [0.2, 0.25) is 0 Å². The minimum atomic E-state index is 0.259. The number of halogens is 1. The van der Waals surface area contributed by atoms with Crippen LogP contribution >= 0.6 is 11.6 Å². The molecule has 1 aliphatic heterocycles. The molecule has 0 aliphatic carbocycles. The normalized spacial score (nSPS) is 15.9. The third-order valence-electron chi connectivity index (χ3n) is 6.68. The highest BCUT2D eigenvalue weighted by Crippen LogP contribution is 2.32. The van der Waals surface area contributed by atoms with Crippen molar-refractivity contribution >= 4 is 22.6 Å². The minimum absolute atomic E-state index is 0.259. The summed E-state index contributed by atoms with van der Waals surface area (Å²) in [6.45, 7) is 12.4. The van der Waals surface area contributed by atoms with Crippen LogP contribution in [-0.2, 0) is 6.54 Å². The summed E-state index contributed by atoms with van der Waals surface area (Å²) in [5, 5.41) is 1.84. The topological polar surface area (TPSA) is 35.2 Å². The van der Waals surface area contributed by atoms with Gasteiger partial charge < -0.3 is 4.98 Å². The quantitative estimate of drug-likeness (QED) is 0.380. The lowest BCUT2D eigenvalue weighted by Gasteiger charge is -2.42. The van der Waals surface area contributed by atoms with Gasteiger partial charge in [-0.05, 0) is 55.7 Å². The van der Waals surface area contributed by atoms with Crippen molar-refractivity contribution in [2.45, 2.75) is 32.9 Å². The van der Waals surface area contributed by atoms with Crippen molar-refractivity contribution in [2.24, 2.45) is 0 Å². The Morgan fingerprint density at radius 1 is 0.909 bits per heavy atom. The van der Waals surface area contributed by atoms with Gasteiger partial charge >= 0.3 is 0 Å². The predicted octanol–water partition coefficient (Wildman–Crippen LogP) is 6.47. The number of piperazine rings is 1. The molecule has 3 heterocycles. The van der Waals surface area contributed by atoms with Gasteiger partial charge in [0.25, 0.3) is 0 Å². The summed E-state index contributed by atoms with van der Waals surface area (Å²) in [5.74, 6) is 0. The number of hydrogen-bond acceptors (Lipinski definition) is 3. The van der Waals surface area contributed by atoms with Crippen LogP contribution in [0.2, 0.25) is 5.02 Å². The zero-order valence-corrected chi connectivity index (χ0v) is 20.4. The molecule has 0 amide bonds. The average Bonchev–Trinajstić information content (AvgIpc) is 3.23. The molecular weight excluding hydrogens is 428 g/mol. The van der Waals surface area contributed by atoms with Crippen LogP contribution in [0, 0.1) is 0 Å². The largest absolute Gasteiger partial charge is 0.346 e. The summed E-state index contributed by atoms with van der Waals surface area (Å²) in [6.07, 6.45) is 3.96. The molecule has 1 aliphatic rings. The van der Waals surface area contributed by atoms with Crippen LogP contribution in [0.4, 0.5) is 0 Å². The van der Waals surface area contributed by atoms with Gasteiger partial charge in [0.1, 0.15) is 5.65 Å². The maximum Gasteiger partial charge on any atom is 0.137 e. The number of fused-ring (bicyclic) bond motifs is 1. The first-order valence-electron chi connectivity index (χ1n) is 11.7. The van der Waals surface area contributed by atoms with Crippen LogP contribution in [0.25, 0.3) is 33.3 Å². The summed E-state index contributed by atoms with van der Waals surface area (Å²) >= 11 is 6.22. The molecule has 1 saturated heterocycles.